The van der Waals surface area contributed by atoms with Gasteiger partial charge in [0.1, 0.15) is 11.6 Å². The maximum atomic E-state index is 12.7. The molecular weight excluding hydrogens is 1120 g/mol. The smallest absolute Gasteiger partial charge is 0.148 e. The van der Waals surface area contributed by atoms with Gasteiger partial charge in [-0.05, 0) is 102 Å². The zero-order chi connectivity index (χ0) is 52.9. The molecule has 9 aromatic carbocycles. The Bertz CT molecular complexity index is 3890. The second-order valence-corrected chi connectivity index (χ2v) is 23.2. The van der Waals surface area contributed by atoms with E-state index in [2.05, 4.69) is 279 Å². The monoisotopic (exact) mass is 1180 g/mol. The molecule has 2 aromatic heterocycles. The van der Waals surface area contributed by atoms with Crippen molar-refractivity contribution in [3.63, 3.8) is 0 Å². The SMILES string of the molecule is CC(C)(C)c1cc(-c2cc(-c3ccccc3)ccn2)[c-]c(-c2cccc3c2nc(-c2cc(C(C)(C)C)cc(C(C)(C)C)c2O)n3-c2ccc(-c3ccc(-c4ccc(-c5ccccc5)cc4)cc3)cc2-c2ccccc2)c1.[Pt]. The summed E-state index contributed by atoms with van der Waals surface area (Å²) < 4.78 is 2.28. The minimum atomic E-state index is -0.356. The number of hydrogen-bond donors (Lipinski definition) is 1. The Balaban J connectivity index is 0.00000672. The predicted molar refractivity (Wildman–Crippen MR) is 319 cm³/mol. The first-order valence-electron chi connectivity index (χ1n) is 26.4. The van der Waals surface area contributed by atoms with Crippen LogP contribution in [-0.2, 0) is 37.3 Å². The summed E-state index contributed by atoms with van der Waals surface area (Å²) in [5, 5.41) is 12.7. The molecule has 0 amide bonds. The zero-order valence-corrected chi connectivity index (χ0v) is 47.7. The van der Waals surface area contributed by atoms with Crippen LogP contribution in [0, 0.1) is 6.07 Å². The molecule has 0 saturated carbocycles. The number of imidazole rings is 1. The van der Waals surface area contributed by atoms with Gasteiger partial charge in [-0.15, -0.1) is 29.3 Å². The Kier molecular flexibility index (Phi) is 14.3. The molecule has 1 N–H and O–H groups in total. The number of para-hydroxylation sites is 1. The van der Waals surface area contributed by atoms with Crippen molar-refractivity contribution in [1.29, 1.82) is 0 Å². The molecule has 0 aliphatic carbocycles. The van der Waals surface area contributed by atoms with Gasteiger partial charge in [-0.1, -0.05) is 243 Å². The molecule has 0 bridgehead atoms. The molecule has 0 atom stereocenters. The second-order valence-electron chi connectivity index (χ2n) is 23.2. The zero-order valence-electron chi connectivity index (χ0n) is 45.4. The number of fused-ring (bicyclic) bond motifs is 1. The van der Waals surface area contributed by atoms with Gasteiger partial charge in [-0.25, -0.2) is 4.98 Å². The number of aromatic nitrogens is 3. The third-order valence-corrected chi connectivity index (χ3v) is 14.7. The van der Waals surface area contributed by atoms with Crippen molar-refractivity contribution < 1.29 is 26.2 Å². The van der Waals surface area contributed by atoms with E-state index in [1.165, 1.54) is 22.3 Å². The minimum absolute atomic E-state index is 0. The first-order chi connectivity index (χ1) is 36.5. The molecule has 0 aliphatic rings. The fraction of sp³-hybridized carbons (Fsp3) is 0.167. The molecule has 0 spiro atoms. The summed E-state index contributed by atoms with van der Waals surface area (Å²) in [5.41, 5.74) is 20.7. The third kappa shape index (κ3) is 10.7. The van der Waals surface area contributed by atoms with Crippen molar-refractivity contribution in [2.45, 2.75) is 78.6 Å². The van der Waals surface area contributed by atoms with E-state index in [1.54, 1.807) is 0 Å². The fourth-order valence-corrected chi connectivity index (χ4v) is 10.3. The van der Waals surface area contributed by atoms with Crippen molar-refractivity contribution in [3.8, 4) is 101 Å². The topological polar surface area (TPSA) is 50.9 Å². The minimum Gasteiger partial charge on any atom is -0.507 e. The van der Waals surface area contributed by atoms with Gasteiger partial charge in [0.2, 0.25) is 0 Å². The molecule has 0 unspecified atom stereocenters. The Morgan fingerprint density at radius 3 is 1.44 bits per heavy atom. The first kappa shape index (κ1) is 52.5. The maximum absolute atomic E-state index is 12.7. The van der Waals surface area contributed by atoms with E-state index in [-0.39, 0.29) is 43.1 Å². The van der Waals surface area contributed by atoms with Gasteiger partial charge in [0.05, 0.1) is 22.3 Å². The van der Waals surface area contributed by atoms with Gasteiger partial charge in [0.15, 0.2) is 0 Å². The molecule has 2 heterocycles. The Morgan fingerprint density at radius 2 is 0.883 bits per heavy atom. The van der Waals surface area contributed by atoms with Crippen LogP contribution < -0.4 is 0 Å². The molecule has 11 aromatic rings. The molecule has 0 radical (unpaired) electrons. The van der Waals surface area contributed by atoms with Crippen LogP contribution in [0.3, 0.4) is 0 Å². The Morgan fingerprint density at radius 1 is 0.403 bits per heavy atom. The van der Waals surface area contributed by atoms with E-state index in [4.69, 9.17) is 9.97 Å². The van der Waals surface area contributed by atoms with E-state index >= 15 is 0 Å². The van der Waals surface area contributed by atoms with E-state index in [1.807, 2.05) is 12.3 Å². The molecule has 4 nitrogen and oxygen atoms in total. The predicted octanol–water partition coefficient (Wildman–Crippen LogP) is 19.2. The number of phenolic OH excluding ortho intramolecular Hbond substituents is 1. The molecule has 77 heavy (non-hydrogen) atoms. The maximum Gasteiger partial charge on any atom is 0.148 e. The largest absolute Gasteiger partial charge is 0.507 e. The van der Waals surface area contributed by atoms with E-state index in [0.717, 1.165) is 89.2 Å². The number of benzene rings is 9. The van der Waals surface area contributed by atoms with Crippen LogP contribution >= 0.6 is 0 Å². The average molecular weight is 1180 g/mol. The van der Waals surface area contributed by atoms with Crippen molar-refractivity contribution in [3.05, 3.63) is 241 Å². The van der Waals surface area contributed by atoms with Crippen molar-refractivity contribution in [2.75, 3.05) is 0 Å². The van der Waals surface area contributed by atoms with Crippen LogP contribution in [-0.4, -0.2) is 19.6 Å². The molecule has 0 saturated heterocycles. The van der Waals surface area contributed by atoms with Gasteiger partial charge < -0.3 is 5.11 Å². The quantitative estimate of drug-likeness (QED) is 0.147. The van der Waals surface area contributed by atoms with Gasteiger partial charge in [0, 0.05) is 44.1 Å². The van der Waals surface area contributed by atoms with Gasteiger partial charge in [0.25, 0.3) is 0 Å². The molecule has 0 fully saturated rings. The molecule has 5 heteroatoms. The molecule has 11 rings (SSSR count). The van der Waals surface area contributed by atoms with Gasteiger partial charge in [-0.2, -0.15) is 0 Å². The Hall–Kier alpha value is -7.91. The summed E-state index contributed by atoms with van der Waals surface area (Å²) in [6, 6.07) is 79.4. The number of pyridine rings is 1. The normalized spacial score (nSPS) is 11.9. The summed E-state index contributed by atoms with van der Waals surface area (Å²) in [5.74, 6) is 0.896. The Labute approximate surface area is 469 Å². The number of rotatable bonds is 9. The van der Waals surface area contributed by atoms with Gasteiger partial charge in [-0.3, -0.25) is 9.55 Å². The summed E-state index contributed by atoms with van der Waals surface area (Å²) >= 11 is 0. The van der Waals surface area contributed by atoms with Crippen LogP contribution in [0.1, 0.15) is 79.0 Å². The summed E-state index contributed by atoms with van der Waals surface area (Å²) in [6.07, 6.45) is 1.89. The van der Waals surface area contributed by atoms with E-state index in [0.29, 0.717) is 11.4 Å². The third-order valence-electron chi connectivity index (χ3n) is 14.7. The van der Waals surface area contributed by atoms with Crippen LogP contribution in [0.4, 0.5) is 0 Å². The van der Waals surface area contributed by atoms with Crippen LogP contribution in [0.5, 0.6) is 5.75 Å². The van der Waals surface area contributed by atoms with Crippen molar-refractivity contribution in [1.82, 2.24) is 14.5 Å². The summed E-state index contributed by atoms with van der Waals surface area (Å²) in [6.45, 7) is 20.0. The molecular formula is C72H64N3OPt-. The van der Waals surface area contributed by atoms with Crippen LogP contribution in [0.15, 0.2) is 219 Å². The number of nitrogens with zero attached hydrogens (tertiary/aromatic N) is 3. The standard InChI is InChI=1S/C72H64N3O.Pt/c1-70(2,3)58-41-56(40-57(42-58)64-44-55(38-39-73-64)48-22-15-11-16-23-48)60-26-19-27-66-67(60)74-69(62-45-59(71(4,5)6)46-63(68(62)76)72(7,8)9)75(66)65-37-36-54(43-61(65)53-24-17-12-18-25-53)52-34-32-51(33-35-52)50-30-28-49(29-31-50)47-20-13-10-14-21-47;/h10-39,41-46,76H,1-9H3;/q-1;. The van der Waals surface area contributed by atoms with Crippen molar-refractivity contribution >= 4 is 11.0 Å². The van der Waals surface area contributed by atoms with Crippen molar-refractivity contribution in [2.24, 2.45) is 0 Å². The summed E-state index contributed by atoms with van der Waals surface area (Å²) in [4.78, 5) is 10.7. The average Bonchev–Trinajstić information content (AvgIpc) is 3.87. The molecule has 384 valence electrons. The summed E-state index contributed by atoms with van der Waals surface area (Å²) in [7, 11) is 0. The first-order valence-corrected chi connectivity index (χ1v) is 26.4. The molecule has 0 aliphatic heterocycles. The number of aromatic hydroxyl groups is 1. The van der Waals surface area contributed by atoms with E-state index < -0.39 is 0 Å². The van der Waals surface area contributed by atoms with Crippen LogP contribution in [0.2, 0.25) is 0 Å². The number of phenols is 1. The van der Waals surface area contributed by atoms with Gasteiger partial charge >= 0.3 is 0 Å². The van der Waals surface area contributed by atoms with Crippen LogP contribution in [0.25, 0.3) is 106 Å². The van der Waals surface area contributed by atoms with E-state index in [9.17, 15) is 5.11 Å². The number of hydrogen-bond acceptors (Lipinski definition) is 3. The second kappa shape index (κ2) is 20.9. The fourth-order valence-electron chi connectivity index (χ4n) is 10.3.